The number of hydrogen-bond acceptors (Lipinski definition) is 3. The fraction of sp³-hybridized carbons (Fsp3) is 0.500. The molecule has 0 aliphatic heterocycles. The molecule has 0 saturated carbocycles. The van der Waals surface area contributed by atoms with Gasteiger partial charge >= 0.3 is 0 Å². The summed E-state index contributed by atoms with van der Waals surface area (Å²) in [5, 5.41) is 11.6. The van der Waals surface area contributed by atoms with Crippen molar-refractivity contribution in [3.05, 3.63) is 29.8 Å². The van der Waals surface area contributed by atoms with Gasteiger partial charge < -0.3 is 15.2 Å². The minimum Gasteiger partial charge on any atom is -0.492 e. The van der Waals surface area contributed by atoms with Crippen LogP contribution in [0.2, 0.25) is 0 Å². The van der Waals surface area contributed by atoms with Crippen molar-refractivity contribution in [1.82, 2.24) is 5.32 Å². The number of benzene rings is 1. The molecule has 1 aromatic rings. The topological polar surface area (TPSA) is 41.5 Å². The molecule has 0 fully saturated rings. The summed E-state index contributed by atoms with van der Waals surface area (Å²) in [5.74, 6) is 0.964. The van der Waals surface area contributed by atoms with E-state index in [4.69, 9.17) is 9.84 Å². The normalized spacial score (nSPS) is 10.3. The van der Waals surface area contributed by atoms with Gasteiger partial charge in [-0.05, 0) is 18.1 Å². The smallest absolute Gasteiger partial charge is 0.122 e. The van der Waals surface area contributed by atoms with E-state index in [2.05, 4.69) is 18.3 Å². The number of aryl methyl sites for hydroxylation is 1. The second kappa shape index (κ2) is 7.26. The van der Waals surface area contributed by atoms with Gasteiger partial charge in [0.2, 0.25) is 0 Å². The molecule has 0 heterocycles. The Kier molecular flexibility index (Phi) is 5.81. The van der Waals surface area contributed by atoms with Gasteiger partial charge in [0, 0.05) is 13.1 Å². The number of aliphatic hydroxyl groups excluding tert-OH is 1. The molecule has 0 aliphatic carbocycles. The second-order valence-corrected chi connectivity index (χ2v) is 3.28. The lowest BCUT2D eigenvalue weighted by Gasteiger charge is -2.10. The molecule has 3 heteroatoms. The van der Waals surface area contributed by atoms with Crippen LogP contribution >= 0.6 is 0 Å². The standard InChI is InChI=1S/C12H19NO2/c1-2-11-5-3-4-6-12(11)15-10-8-13-7-9-14/h3-6,13-14H,2,7-10H2,1H3. The average Bonchev–Trinajstić information content (AvgIpc) is 2.29. The van der Waals surface area contributed by atoms with Crippen molar-refractivity contribution < 1.29 is 9.84 Å². The fourth-order valence-electron chi connectivity index (χ4n) is 1.37. The summed E-state index contributed by atoms with van der Waals surface area (Å²) in [5.41, 5.74) is 1.24. The van der Waals surface area contributed by atoms with Crippen LogP contribution in [0.5, 0.6) is 5.75 Å². The van der Waals surface area contributed by atoms with E-state index in [9.17, 15) is 0 Å². The summed E-state index contributed by atoms with van der Waals surface area (Å²) in [4.78, 5) is 0. The summed E-state index contributed by atoms with van der Waals surface area (Å²) < 4.78 is 5.63. The molecule has 15 heavy (non-hydrogen) atoms. The lowest BCUT2D eigenvalue weighted by molar-refractivity contribution is 0.275. The molecular formula is C12H19NO2. The Morgan fingerprint density at radius 3 is 2.80 bits per heavy atom. The molecule has 2 N–H and O–H groups in total. The first-order valence-electron chi connectivity index (χ1n) is 5.40. The van der Waals surface area contributed by atoms with Crippen LogP contribution in [0.15, 0.2) is 24.3 Å². The van der Waals surface area contributed by atoms with Crippen LogP contribution in [0.4, 0.5) is 0 Å². The largest absolute Gasteiger partial charge is 0.492 e. The van der Waals surface area contributed by atoms with E-state index in [-0.39, 0.29) is 6.61 Å². The third-order valence-corrected chi connectivity index (χ3v) is 2.18. The van der Waals surface area contributed by atoms with Crippen LogP contribution in [0, 0.1) is 0 Å². The number of nitrogens with one attached hydrogen (secondary N) is 1. The summed E-state index contributed by atoms with van der Waals surface area (Å²) in [6.07, 6.45) is 0.986. The third-order valence-electron chi connectivity index (χ3n) is 2.18. The molecule has 0 amide bonds. The number of aliphatic hydroxyl groups is 1. The number of para-hydroxylation sites is 1. The van der Waals surface area contributed by atoms with E-state index in [0.29, 0.717) is 13.2 Å². The maximum Gasteiger partial charge on any atom is 0.122 e. The van der Waals surface area contributed by atoms with Gasteiger partial charge in [-0.15, -0.1) is 0 Å². The van der Waals surface area contributed by atoms with Crippen LogP contribution in [-0.4, -0.2) is 31.4 Å². The van der Waals surface area contributed by atoms with Gasteiger partial charge in [0.15, 0.2) is 0 Å². The lowest BCUT2D eigenvalue weighted by atomic mass is 10.1. The van der Waals surface area contributed by atoms with E-state index in [1.165, 1.54) is 5.56 Å². The highest BCUT2D eigenvalue weighted by atomic mass is 16.5. The van der Waals surface area contributed by atoms with E-state index in [1.54, 1.807) is 0 Å². The molecule has 84 valence electrons. The average molecular weight is 209 g/mol. The zero-order valence-electron chi connectivity index (χ0n) is 9.20. The first-order valence-corrected chi connectivity index (χ1v) is 5.40. The minimum atomic E-state index is 0.172. The van der Waals surface area contributed by atoms with Gasteiger partial charge in [-0.2, -0.15) is 0 Å². The molecule has 0 aliphatic rings. The van der Waals surface area contributed by atoms with E-state index in [0.717, 1.165) is 18.7 Å². The Balaban J connectivity index is 2.30. The number of rotatable bonds is 7. The summed E-state index contributed by atoms with van der Waals surface area (Å²) in [7, 11) is 0. The van der Waals surface area contributed by atoms with Crippen LogP contribution in [-0.2, 0) is 6.42 Å². The highest BCUT2D eigenvalue weighted by Gasteiger charge is 1.99. The summed E-state index contributed by atoms with van der Waals surface area (Å²) >= 11 is 0. The SMILES string of the molecule is CCc1ccccc1OCCNCCO. The molecule has 1 rings (SSSR count). The van der Waals surface area contributed by atoms with Crippen molar-refractivity contribution >= 4 is 0 Å². The molecule has 0 saturated heterocycles. The van der Waals surface area contributed by atoms with Crippen molar-refractivity contribution in [3.8, 4) is 5.75 Å². The molecule has 0 bridgehead atoms. The van der Waals surface area contributed by atoms with E-state index < -0.39 is 0 Å². The van der Waals surface area contributed by atoms with E-state index in [1.807, 2.05) is 18.2 Å². The molecule has 0 unspecified atom stereocenters. The van der Waals surface area contributed by atoms with Crippen molar-refractivity contribution in [3.63, 3.8) is 0 Å². The van der Waals surface area contributed by atoms with Gasteiger partial charge in [0.25, 0.3) is 0 Å². The highest BCUT2D eigenvalue weighted by Crippen LogP contribution is 2.17. The van der Waals surface area contributed by atoms with Crippen LogP contribution < -0.4 is 10.1 Å². The molecule has 1 aromatic carbocycles. The Labute approximate surface area is 91.1 Å². The Hall–Kier alpha value is -1.06. The van der Waals surface area contributed by atoms with Crippen LogP contribution in [0.1, 0.15) is 12.5 Å². The van der Waals surface area contributed by atoms with E-state index >= 15 is 0 Å². The first kappa shape index (κ1) is 12.0. The second-order valence-electron chi connectivity index (χ2n) is 3.28. The zero-order chi connectivity index (χ0) is 10.9. The molecule has 0 spiro atoms. The molecule has 0 atom stereocenters. The maximum atomic E-state index is 8.56. The first-order chi connectivity index (χ1) is 7.38. The number of ether oxygens (including phenoxy) is 1. The Morgan fingerprint density at radius 2 is 2.07 bits per heavy atom. The maximum absolute atomic E-state index is 8.56. The predicted octanol–water partition coefficient (Wildman–Crippen LogP) is 1.21. The monoisotopic (exact) mass is 209 g/mol. The fourth-order valence-corrected chi connectivity index (χ4v) is 1.37. The lowest BCUT2D eigenvalue weighted by Crippen LogP contribution is -2.24. The zero-order valence-corrected chi connectivity index (χ0v) is 9.20. The molecule has 3 nitrogen and oxygen atoms in total. The van der Waals surface area contributed by atoms with Crippen molar-refractivity contribution in [2.45, 2.75) is 13.3 Å². The Morgan fingerprint density at radius 1 is 1.27 bits per heavy atom. The predicted molar refractivity (Wildman–Crippen MR) is 61.3 cm³/mol. The summed E-state index contributed by atoms with van der Waals surface area (Å²) in [6.45, 7) is 4.31. The minimum absolute atomic E-state index is 0.172. The van der Waals surface area contributed by atoms with Gasteiger partial charge in [-0.3, -0.25) is 0 Å². The quantitative estimate of drug-likeness (QED) is 0.663. The Bertz CT molecular complexity index is 276. The van der Waals surface area contributed by atoms with Crippen molar-refractivity contribution in [2.24, 2.45) is 0 Å². The van der Waals surface area contributed by atoms with Crippen LogP contribution in [0.3, 0.4) is 0 Å². The van der Waals surface area contributed by atoms with Gasteiger partial charge in [0.05, 0.1) is 6.61 Å². The molecule has 0 radical (unpaired) electrons. The molecule has 0 aromatic heterocycles. The van der Waals surface area contributed by atoms with Crippen molar-refractivity contribution in [1.29, 1.82) is 0 Å². The van der Waals surface area contributed by atoms with Gasteiger partial charge in [0.1, 0.15) is 12.4 Å². The third kappa shape index (κ3) is 4.32. The summed E-state index contributed by atoms with van der Waals surface area (Å²) in [6, 6.07) is 8.08. The van der Waals surface area contributed by atoms with Crippen molar-refractivity contribution in [2.75, 3.05) is 26.3 Å². The highest BCUT2D eigenvalue weighted by molar-refractivity contribution is 5.33. The molecular weight excluding hydrogens is 190 g/mol. The van der Waals surface area contributed by atoms with Gasteiger partial charge in [-0.25, -0.2) is 0 Å². The van der Waals surface area contributed by atoms with Crippen LogP contribution in [0.25, 0.3) is 0 Å². The van der Waals surface area contributed by atoms with Gasteiger partial charge in [-0.1, -0.05) is 25.1 Å². The number of hydrogen-bond donors (Lipinski definition) is 2.